The fourth-order valence-electron chi connectivity index (χ4n) is 2.15. The van der Waals surface area contributed by atoms with E-state index in [1.165, 1.54) is 18.2 Å². The molecule has 0 aliphatic carbocycles. The summed E-state index contributed by atoms with van der Waals surface area (Å²) >= 11 is 9.27. The molecule has 4 heteroatoms. The minimum Gasteiger partial charge on any atom is -0.207 e. The fourth-order valence-corrected chi connectivity index (χ4v) is 2.73. The number of hydrogen-bond acceptors (Lipinski definition) is 0. The molecule has 2 aromatic rings. The molecule has 0 saturated carbocycles. The van der Waals surface area contributed by atoms with Crippen molar-refractivity contribution in [3.05, 3.63) is 70.2 Å². The van der Waals surface area contributed by atoms with E-state index < -0.39 is 11.6 Å². The average Bonchev–Trinajstić information content (AvgIpc) is 2.44. The van der Waals surface area contributed by atoms with Gasteiger partial charge in [0.1, 0.15) is 11.6 Å². The highest BCUT2D eigenvalue weighted by Gasteiger charge is 2.15. The van der Waals surface area contributed by atoms with Crippen molar-refractivity contribution in [3.63, 3.8) is 0 Å². The smallest absolute Gasteiger partial charge is 0.129 e. The Balaban J connectivity index is 2.11. The molecule has 0 aliphatic rings. The Kier molecular flexibility index (Phi) is 5.55. The lowest BCUT2D eigenvalue weighted by atomic mass is 9.94. The van der Waals surface area contributed by atoms with Crippen LogP contribution in [0.15, 0.2) is 42.5 Å². The standard InChI is InChI=1S/C16H14BrClF2/c17-10-12(8-11-4-6-13(18)7-5-11)9-14-15(19)2-1-3-16(14)20/h1-7,12H,8-10H2. The van der Waals surface area contributed by atoms with E-state index in [9.17, 15) is 8.78 Å². The van der Waals surface area contributed by atoms with Gasteiger partial charge in [-0.25, -0.2) is 8.78 Å². The summed E-state index contributed by atoms with van der Waals surface area (Å²) in [5.41, 5.74) is 1.27. The number of halogens is 4. The first kappa shape index (κ1) is 15.5. The maximum absolute atomic E-state index is 13.7. The molecule has 0 N–H and O–H groups in total. The Bertz CT molecular complexity index is 549. The summed E-state index contributed by atoms with van der Waals surface area (Å²) in [7, 11) is 0. The first-order valence-electron chi connectivity index (χ1n) is 6.33. The highest BCUT2D eigenvalue weighted by atomic mass is 79.9. The van der Waals surface area contributed by atoms with Crippen molar-refractivity contribution in [2.45, 2.75) is 12.8 Å². The number of benzene rings is 2. The van der Waals surface area contributed by atoms with Crippen LogP contribution in [0.25, 0.3) is 0 Å². The predicted octanol–water partition coefficient (Wildman–Crippen LogP) is 5.41. The molecule has 0 amide bonds. The summed E-state index contributed by atoms with van der Waals surface area (Å²) in [6.07, 6.45) is 1.11. The van der Waals surface area contributed by atoms with E-state index in [4.69, 9.17) is 11.6 Å². The second-order valence-electron chi connectivity index (χ2n) is 4.76. The lowest BCUT2D eigenvalue weighted by Gasteiger charge is -2.15. The van der Waals surface area contributed by atoms with Crippen LogP contribution in [-0.4, -0.2) is 5.33 Å². The number of hydrogen-bond donors (Lipinski definition) is 0. The summed E-state index contributed by atoms with van der Waals surface area (Å²) in [5, 5.41) is 1.37. The van der Waals surface area contributed by atoms with Crippen LogP contribution in [-0.2, 0) is 12.8 Å². The van der Waals surface area contributed by atoms with E-state index in [0.29, 0.717) is 16.8 Å². The molecule has 1 unspecified atom stereocenters. The van der Waals surface area contributed by atoms with Gasteiger partial charge < -0.3 is 0 Å². The minimum absolute atomic E-state index is 0.127. The Morgan fingerprint density at radius 2 is 1.55 bits per heavy atom. The molecule has 20 heavy (non-hydrogen) atoms. The monoisotopic (exact) mass is 358 g/mol. The molecule has 0 radical (unpaired) electrons. The Hall–Kier alpha value is -0.930. The van der Waals surface area contributed by atoms with Gasteiger partial charge in [-0.3, -0.25) is 0 Å². The topological polar surface area (TPSA) is 0 Å². The third-order valence-corrected chi connectivity index (χ3v) is 4.38. The molecular formula is C16H14BrClF2. The molecular weight excluding hydrogens is 346 g/mol. The lowest BCUT2D eigenvalue weighted by molar-refractivity contribution is 0.510. The van der Waals surface area contributed by atoms with Crippen LogP contribution in [0.2, 0.25) is 5.02 Å². The van der Waals surface area contributed by atoms with Crippen molar-refractivity contribution in [2.75, 3.05) is 5.33 Å². The van der Waals surface area contributed by atoms with Gasteiger partial charge in [0.05, 0.1) is 0 Å². The third kappa shape index (κ3) is 4.03. The summed E-state index contributed by atoms with van der Waals surface area (Å²) in [6.45, 7) is 0. The summed E-state index contributed by atoms with van der Waals surface area (Å²) < 4.78 is 27.3. The molecule has 2 rings (SSSR count). The number of alkyl halides is 1. The molecule has 0 nitrogen and oxygen atoms in total. The third-order valence-electron chi connectivity index (χ3n) is 3.21. The second kappa shape index (κ2) is 7.19. The highest BCUT2D eigenvalue weighted by molar-refractivity contribution is 9.09. The summed E-state index contributed by atoms with van der Waals surface area (Å²) in [4.78, 5) is 0. The molecule has 0 bridgehead atoms. The van der Waals surface area contributed by atoms with Crippen molar-refractivity contribution in [3.8, 4) is 0 Å². The Labute approximate surface area is 130 Å². The van der Waals surface area contributed by atoms with Gasteiger partial charge in [-0.05, 0) is 48.6 Å². The predicted molar refractivity (Wildman–Crippen MR) is 82.5 cm³/mol. The van der Waals surface area contributed by atoms with Crippen molar-refractivity contribution < 1.29 is 8.78 Å². The van der Waals surface area contributed by atoms with E-state index in [-0.39, 0.29) is 11.5 Å². The van der Waals surface area contributed by atoms with Crippen molar-refractivity contribution in [1.82, 2.24) is 0 Å². The van der Waals surface area contributed by atoms with E-state index in [2.05, 4.69) is 15.9 Å². The second-order valence-corrected chi connectivity index (χ2v) is 5.84. The van der Waals surface area contributed by atoms with E-state index >= 15 is 0 Å². The normalized spacial score (nSPS) is 12.4. The van der Waals surface area contributed by atoms with Gasteiger partial charge in [-0.2, -0.15) is 0 Å². The molecule has 0 aromatic heterocycles. The zero-order valence-electron chi connectivity index (χ0n) is 10.8. The lowest BCUT2D eigenvalue weighted by Crippen LogP contribution is -2.12. The van der Waals surface area contributed by atoms with Crippen LogP contribution in [0.4, 0.5) is 8.78 Å². The minimum atomic E-state index is -0.480. The Morgan fingerprint density at radius 3 is 2.10 bits per heavy atom. The van der Waals surface area contributed by atoms with Crippen LogP contribution >= 0.6 is 27.5 Å². The molecule has 0 heterocycles. The molecule has 0 spiro atoms. The van der Waals surface area contributed by atoms with Gasteiger partial charge in [-0.1, -0.05) is 45.7 Å². The van der Waals surface area contributed by atoms with Gasteiger partial charge in [0, 0.05) is 15.9 Å². The van der Waals surface area contributed by atoms with E-state index in [1.54, 1.807) is 0 Å². The van der Waals surface area contributed by atoms with Gasteiger partial charge >= 0.3 is 0 Å². The van der Waals surface area contributed by atoms with Crippen LogP contribution in [0, 0.1) is 17.6 Å². The first-order chi connectivity index (χ1) is 9.60. The average molecular weight is 360 g/mol. The molecule has 0 aliphatic heterocycles. The largest absolute Gasteiger partial charge is 0.207 e. The van der Waals surface area contributed by atoms with Crippen LogP contribution in [0.1, 0.15) is 11.1 Å². The maximum Gasteiger partial charge on any atom is 0.129 e. The molecule has 106 valence electrons. The molecule has 0 fully saturated rings. The zero-order chi connectivity index (χ0) is 14.5. The summed E-state index contributed by atoms with van der Waals surface area (Å²) in [6, 6.07) is 11.5. The van der Waals surface area contributed by atoms with Crippen LogP contribution in [0.5, 0.6) is 0 Å². The van der Waals surface area contributed by atoms with E-state index in [1.807, 2.05) is 24.3 Å². The van der Waals surface area contributed by atoms with Gasteiger partial charge in [0.15, 0.2) is 0 Å². The summed E-state index contributed by atoms with van der Waals surface area (Å²) in [5.74, 6) is -0.832. The Morgan fingerprint density at radius 1 is 0.950 bits per heavy atom. The molecule has 1 atom stereocenters. The van der Waals surface area contributed by atoms with Gasteiger partial charge in [0.2, 0.25) is 0 Å². The maximum atomic E-state index is 13.7. The molecule has 0 saturated heterocycles. The zero-order valence-corrected chi connectivity index (χ0v) is 13.1. The van der Waals surface area contributed by atoms with Crippen LogP contribution in [0.3, 0.4) is 0 Å². The van der Waals surface area contributed by atoms with Crippen LogP contribution < -0.4 is 0 Å². The molecule has 2 aromatic carbocycles. The first-order valence-corrected chi connectivity index (χ1v) is 7.83. The quantitative estimate of drug-likeness (QED) is 0.626. The highest BCUT2D eigenvalue weighted by Crippen LogP contribution is 2.22. The van der Waals surface area contributed by atoms with Crippen molar-refractivity contribution in [1.29, 1.82) is 0 Å². The van der Waals surface area contributed by atoms with Gasteiger partial charge in [0.25, 0.3) is 0 Å². The van der Waals surface area contributed by atoms with Crippen molar-refractivity contribution >= 4 is 27.5 Å². The SMILES string of the molecule is Fc1cccc(F)c1CC(CBr)Cc1ccc(Cl)cc1. The fraction of sp³-hybridized carbons (Fsp3) is 0.250. The number of rotatable bonds is 5. The van der Waals surface area contributed by atoms with Gasteiger partial charge in [-0.15, -0.1) is 0 Å². The van der Waals surface area contributed by atoms with Crippen molar-refractivity contribution in [2.24, 2.45) is 5.92 Å². The van der Waals surface area contributed by atoms with E-state index in [0.717, 1.165) is 12.0 Å².